The number of hydrogen-bond donors (Lipinski definition) is 1. The molecule has 0 saturated heterocycles. The second kappa shape index (κ2) is 5.95. The SMILES string of the molecule is COc1ccc(C=C(F)C(=O)O)cc1OC(F)F. The molecule has 0 aliphatic heterocycles. The molecule has 0 radical (unpaired) electrons. The molecular weight excluding hydrogens is 253 g/mol. The summed E-state index contributed by atoms with van der Waals surface area (Å²) in [6.07, 6.45) is 0.681. The van der Waals surface area contributed by atoms with Crippen LogP contribution in [-0.4, -0.2) is 24.8 Å². The maximum Gasteiger partial charge on any atom is 0.387 e. The van der Waals surface area contributed by atoms with Crippen molar-refractivity contribution < 1.29 is 32.5 Å². The van der Waals surface area contributed by atoms with Gasteiger partial charge in [-0.3, -0.25) is 0 Å². The number of halogens is 3. The van der Waals surface area contributed by atoms with Crippen molar-refractivity contribution in [1.29, 1.82) is 0 Å². The molecule has 0 atom stereocenters. The van der Waals surface area contributed by atoms with Crippen LogP contribution in [0.5, 0.6) is 11.5 Å². The summed E-state index contributed by atoms with van der Waals surface area (Å²) in [5.74, 6) is -3.44. The first-order chi connectivity index (χ1) is 8.43. The second-order valence-corrected chi connectivity index (χ2v) is 3.09. The van der Waals surface area contributed by atoms with Crippen molar-refractivity contribution in [2.75, 3.05) is 7.11 Å². The first-order valence-corrected chi connectivity index (χ1v) is 4.67. The molecule has 98 valence electrons. The van der Waals surface area contributed by atoms with Gasteiger partial charge >= 0.3 is 12.6 Å². The number of methoxy groups -OCH3 is 1. The van der Waals surface area contributed by atoms with E-state index in [2.05, 4.69) is 4.74 Å². The molecule has 1 aromatic carbocycles. The van der Waals surface area contributed by atoms with Gasteiger partial charge in [0.05, 0.1) is 7.11 Å². The number of alkyl halides is 2. The minimum atomic E-state index is -3.07. The first kappa shape index (κ1) is 13.9. The van der Waals surface area contributed by atoms with E-state index >= 15 is 0 Å². The lowest BCUT2D eigenvalue weighted by Gasteiger charge is -2.10. The zero-order valence-corrected chi connectivity index (χ0v) is 9.19. The van der Waals surface area contributed by atoms with Gasteiger partial charge in [-0.1, -0.05) is 6.07 Å². The van der Waals surface area contributed by atoms with E-state index in [1.165, 1.54) is 19.2 Å². The molecule has 0 aliphatic carbocycles. The third-order valence-corrected chi connectivity index (χ3v) is 1.90. The molecule has 18 heavy (non-hydrogen) atoms. The Kier molecular flexibility index (Phi) is 4.59. The van der Waals surface area contributed by atoms with Gasteiger partial charge < -0.3 is 14.6 Å². The molecule has 0 amide bonds. The smallest absolute Gasteiger partial charge is 0.387 e. The van der Waals surface area contributed by atoms with E-state index in [1.807, 2.05) is 0 Å². The summed E-state index contributed by atoms with van der Waals surface area (Å²) in [5, 5.41) is 8.34. The number of aliphatic carboxylic acids is 1. The Morgan fingerprint density at radius 1 is 1.39 bits per heavy atom. The molecule has 0 heterocycles. The summed E-state index contributed by atoms with van der Waals surface area (Å²) in [7, 11) is 1.25. The van der Waals surface area contributed by atoms with Gasteiger partial charge in [0, 0.05) is 0 Å². The highest BCUT2D eigenvalue weighted by Crippen LogP contribution is 2.30. The van der Waals surface area contributed by atoms with Gasteiger partial charge in [-0.2, -0.15) is 13.2 Å². The van der Waals surface area contributed by atoms with Crippen LogP contribution in [0.1, 0.15) is 5.56 Å². The number of carboxylic acid groups (broad SMARTS) is 1. The number of rotatable bonds is 5. The number of hydrogen-bond acceptors (Lipinski definition) is 3. The molecule has 0 saturated carbocycles. The number of benzene rings is 1. The van der Waals surface area contributed by atoms with E-state index < -0.39 is 18.4 Å². The molecule has 0 spiro atoms. The zero-order chi connectivity index (χ0) is 13.7. The molecule has 0 fully saturated rings. The molecule has 0 unspecified atom stereocenters. The fourth-order valence-electron chi connectivity index (χ4n) is 1.18. The maximum atomic E-state index is 12.8. The van der Waals surface area contributed by atoms with Crippen LogP contribution in [0, 0.1) is 0 Å². The lowest BCUT2D eigenvalue weighted by Crippen LogP contribution is -2.03. The Balaban J connectivity index is 3.10. The summed E-state index contributed by atoms with van der Waals surface area (Å²) < 4.78 is 46.0. The number of carboxylic acids is 1. The van der Waals surface area contributed by atoms with Crippen LogP contribution < -0.4 is 9.47 Å². The van der Waals surface area contributed by atoms with Crippen LogP contribution in [0.3, 0.4) is 0 Å². The summed E-state index contributed by atoms with van der Waals surface area (Å²) >= 11 is 0. The molecule has 0 aromatic heterocycles. The highest BCUT2D eigenvalue weighted by molar-refractivity contribution is 5.89. The third kappa shape index (κ3) is 3.69. The minimum Gasteiger partial charge on any atom is -0.493 e. The van der Waals surface area contributed by atoms with E-state index in [-0.39, 0.29) is 17.1 Å². The van der Waals surface area contributed by atoms with Gasteiger partial charge in [-0.15, -0.1) is 0 Å². The number of carbonyl (C=O) groups is 1. The Bertz CT molecular complexity index is 471. The molecule has 0 bridgehead atoms. The fraction of sp³-hybridized carbons (Fsp3) is 0.182. The second-order valence-electron chi connectivity index (χ2n) is 3.09. The molecular formula is C11H9F3O4. The Morgan fingerprint density at radius 3 is 2.56 bits per heavy atom. The van der Waals surface area contributed by atoms with Gasteiger partial charge in [-0.05, 0) is 23.8 Å². The van der Waals surface area contributed by atoms with E-state index in [4.69, 9.17) is 9.84 Å². The van der Waals surface area contributed by atoms with E-state index in [9.17, 15) is 18.0 Å². The van der Waals surface area contributed by atoms with Crippen molar-refractivity contribution in [1.82, 2.24) is 0 Å². The maximum absolute atomic E-state index is 12.8. The molecule has 1 rings (SSSR count). The molecule has 7 heteroatoms. The lowest BCUT2D eigenvalue weighted by atomic mass is 10.2. The summed E-state index contributed by atoms with van der Waals surface area (Å²) in [6.45, 7) is -3.07. The van der Waals surface area contributed by atoms with Gasteiger partial charge in [-0.25, -0.2) is 4.79 Å². The van der Waals surface area contributed by atoms with Crippen LogP contribution in [0.15, 0.2) is 24.0 Å². The Morgan fingerprint density at radius 2 is 2.06 bits per heavy atom. The fourth-order valence-corrected chi connectivity index (χ4v) is 1.18. The third-order valence-electron chi connectivity index (χ3n) is 1.90. The van der Waals surface area contributed by atoms with Crippen LogP contribution >= 0.6 is 0 Å². The highest BCUT2D eigenvalue weighted by Gasteiger charge is 2.12. The van der Waals surface area contributed by atoms with Crippen LogP contribution in [0.25, 0.3) is 6.08 Å². The van der Waals surface area contributed by atoms with Crippen LogP contribution in [-0.2, 0) is 4.79 Å². The van der Waals surface area contributed by atoms with E-state index in [0.717, 1.165) is 6.07 Å². The van der Waals surface area contributed by atoms with Gasteiger partial charge in [0.1, 0.15) is 0 Å². The van der Waals surface area contributed by atoms with Crippen molar-refractivity contribution >= 4 is 12.0 Å². The minimum absolute atomic E-state index is 0.0307. The van der Waals surface area contributed by atoms with Crippen LogP contribution in [0.4, 0.5) is 13.2 Å². The predicted octanol–water partition coefficient (Wildman–Crippen LogP) is 2.69. The topological polar surface area (TPSA) is 55.8 Å². The van der Waals surface area contributed by atoms with Crippen molar-refractivity contribution in [2.45, 2.75) is 6.61 Å². The van der Waals surface area contributed by atoms with Gasteiger partial charge in [0.25, 0.3) is 0 Å². The average Bonchev–Trinajstić information content (AvgIpc) is 2.28. The largest absolute Gasteiger partial charge is 0.493 e. The Hall–Kier alpha value is -2.18. The van der Waals surface area contributed by atoms with Crippen LogP contribution in [0.2, 0.25) is 0 Å². The standard InChI is InChI=1S/C11H9F3O4/c1-17-8-3-2-6(4-7(12)10(15)16)5-9(8)18-11(13)14/h2-5,11H,1H3,(H,15,16). The summed E-state index contributed by atoms with van der Waals surface area (Å²) in [4.78, 5) is 10.3. The summed E-state index contributed by atoms with van der Waals surface area (Å²) in [5.41, 5.74) is 0.0614. The normalized spacial score (nSPS) is 11.5. The van der Waals surface area contributed by atoms with Crippen molar-refractivity contribution in [3.63, 3.8) is 0 Å². The zero-order valence-electron chi connectivity index (χ0n) is 9.19. The number of ether oxygens (including phenoxy) is 2. The Labute approximate surface area is 100 Å². The molecule has 1 N–H and O–H groups in total. The quantitative estimate of drug-likeness (QED) is 0.829. The van der Waals surface area contributed by atoms with Crippen molar-refractivity contribution in [3.05, 3.63) is 29.6 Å². The van der Waals surface area contributed by atoms with E-state index in [0.29, 0.717) is 6.08 Å². The molecule has 4 nitrogen and oxygen atoms in total. The first-order valence-electron chi connectivity index (χ1n) is 4.67. The van der Waals surface area contributed by atoms with Crippen molar-refractivity contribution in [2.24, 2.45) is 0 Å². The van der Waals surface area contributed by atoms with Gasteiger partial charge in [0.2, 0.25) is 5.83 Å². The predicted molar refractivity (Wildman–Crippen MR) is 56.3 cm³/mol. The summed E-state index contributed by atoms with van der Waals surface area (Å²) in [6, 6.07) is 3.62. The van der Waals surface area contributed by atoms with E-state index in [1.54, 1.807) is 0 Å². The lowest BCUT2D eigenvalue weighted by molar-refractivity contribution is -0.134. The average molecular weight is 262 g/mol. The molecule has 1 aromatic rings. The molecule has 0 aliphatic rings. The van der Waals surface area contributed by atoms with Crippen molar-refractivity contribution in [3.8, 4) is 11.5 Å². The highest BCUT2D eigenvalue weighted by atomic mass is 19.3. The monoisotopic (exact) mass is 262 g/mol. The van der Waals surface area contributed by atoms with Gasteiger partial charge in [0.15, 0.2) is 11.5 Å².